The molecule has 0 aromatic rings. The number of aliphatic hydroxyl groups is 1. The molecule has 0 aromatic heterocycles. The van der Waals surface area contributed by atoms with Crippen molar-refractivity contribution in [1.29, 1.82) is 0 Å². The number of hydrogen-bond acceptors (Lipinski definition) is 1. The molecule has 0 aliphatic rings. The van der Waals surface area contributed by atoms with E-state index in [9.17, 15) is 0 Å². The molecular weight excluding hydrogens is 124 g/mol. The number of hydrogen-bond donors (Lipinski definition) is 1. The minimum absolute atomic E-state index is 0.516. The van der Waals surface area contributed by atoms with Gasteiger partial charge in [0, 0.05) is 12.3 Å². The van der Waals surface area contributed by atoms with Gasteiger partial charge in [-0.25, -0.2) is 0 Å². The van der Waals surface area contributed by atoms with E-state index in [0.717, 1.165) is 0 Å². The molecule has 0 spiro atoms. The topological polar surface area (TPSA) is 20.2 Å². The molecule has 1 unspecified atom stereocenters. The minimum Gasteiger partial charge on any atom is -0.381 e. The lowest BCUT2D eigenvalue weighted by Gasteiger charge is -1.85. The van der Waals surface area contributed by atoms with E-state index in [1.807, 2.05) is 0 Å². The van der Waals surface area contributed by atoms with Gasteiger partial charge in [0.1, 0.15) is 6.10 Å². The van der Waals surface area contributed by atoms with Crippen LogP contribution in [0.3, 0.4) is 0 Å². The van der Waals surface area contributed by atoms with Gasteiger partial charge >= 0.3 is 0 Å². The Morgan fingerprint density at radius 1 is 1.75 bits per heavy atom. The van der Waals surface area contributed by atoms with Crippen LogP contribution in [0.2, 0.25) is 0 Å². The molecule has 8 heavy (non-hydrogen) atoms. The molecule has 1 N–H and O–H groups in total. The van der Waals surface area contributed by atoms with Crippen molar-refractivity contribution < 1.29 is 5.11 Å². The van der Waals surface area contributed by atoms with Crippen LogP contribution in [-0.2, 0) is 0 Å². The van der Waals surface area contributed by atoms with E-state index >= 15 is 0 Å². The third kappa shape index (κ3) is 5.81. The average molecular weight is 133 g/mol. The Labute approximate surface area is 54.7 Å². The Morgan fingerprint density at radius 2 is 2.38 bits per heavy atom. The van der Waals surface area contributed by atoms with Gasteiger partial charge < -0.3 is 5.11 Å². The molecule has 0 fully saturated rings. The van der Waals surface area contributed by atoms with E-state index in [-0.39, 0.29) is 0 Å². The van der Waals surface area contributed by atoms with Gasteiger partial charge in [-0.3, -0.25) is 0 Å². The maximum atomic E-state index is 8.56. The van der Waals surface area contributed by atoms with Gasteiger partial charge in [-0.05, 0) is 6.92 Å². The number of alkyl halides is 1. The Hall–Kier alpha value is -0.190. The van der Waals surface area contributed by atoms with E-state index in [0.29, 0.717) is 12.3 Å². The van der Waals surface area contributed by atoms with Crippen molar-refractivity contribution in [3.05, 3.63) is 0 Å². The van der Waals surface area contributed by atoms with Crippen molar-refractivity contribution in [2.45, 2.75) is 19.4 Å². The zero-order chi connectivity index (χ0) is 6.41. The molecule has 46 valence electrons. The Balaban J connectivity index is 3.20. The summed E-state index contributed by atoms with van der Waals surface area (Å²) < 4.78 is 0. The molecule has 0 aliphatic heterocycles. The SMILES string of the molecule is CC(O)C#CCCCl. The van der Waals surface area contributed by atoms with Crippen molar-refractivity contribution >= 4 is 11.6 Å². The fraction of sp³-hybridized carbons (Fsp3) is 0.667. The smallest absolute Gasteiger partial charge is 0.111 e. The molecular formula is C6H9ClO. The number of rotatable bonds is 1. The predicted octanol–water partition coefficient (Wildman–Crippen LogP) is 1.000. The average Bonchev–Trinajstić information content (AvgIpc) is 1.66. The van der Waals surface area contributed by atoms with E-state index in [4.69, 9.17) is 16.7 Å². The molecule has 0 aliphatic carbocycles. The third-order valence-electron chi connectivity index (χ3n) is 0.530. The van der Waals surface area contributed by atoms with Crippen molar-refractivity contribution in [3.8, 4) is 11.8 Å². The van der Waals surface area contributed by atoms with Crippen molar-refractivity contribution in [3.63, 3.8) is 0 Å². The van der Waals surface area contributed by atoms with Crippen LogP contribution in [-0.4, -0.2) is 17.1 Å². The van der Waals surface area contributed by atoms with Crippen molar-refractivity contribution in [2.24, 2.45) is 0 Å². The van der Waals surface area contributed by atoms with E-state index < -0.39 is 6.10 Å². The van der Waals surface area contributed by atoms with Crippen molar-refractivity contribution in [1.82, 2.24) is 0 Å². The fourth-order valence-electron chi connectivity index (χ4n) is 0.267. The molecule has 0 amide bonds. The van der Waals surface area contributed by atoms with Gasteiger partial charge in [0.05, 0.1) is 0 Å². The molecule has 1 atom stereocenters. The zero-order valence-corrected chi connectivity index (χ0v) is 5.57. The summed E-state index contributed by atoms with van der Waals surface area (Å²) in [5.74, 6) is 5.81. The quantitative estimate of drug-likeness (QED) is 0.417. The predicted molar refractivity (Wildman–Crippen MR) is 34.8 cm³/mol. The van der Waals surface area contributed by atoms with Crippen molar-refractivity contribution in [2.75, 3.05) is 5.88 Å². The molecule has 0 heterocycles. The Morgan fingerprint density at radius 3 is 2.75 bits per heavy atom. The number of halogens is 1. The lowest BCUT2D eigenvalue weighted by atomic mass is 10.4. The highest BCUT2D eigenvalue weighted by molar-refractivity contribution is 6.17. The summed E-state index contributed by atoms with van der Waals surface area (Å²) in [6.07, 6.45) is 0.144. The highest BCUT2D eigenvalue weighted by atomic mass is 35.5. The number of aliphatic hydroxyl groups excluding tert-OH is 1. The standard InChI is InChI=1S/C6H9ClO/c1-6(8)4-2-3-5-7/h6,8H,3,5H2,1H3. The second-order valence-corrected chi connectivity index (χ2v) is 1.81. The van der Waals surface area contributed by atoms with Crippen LogP contribution in [0.25, 0.3) is 0 Å². The first-order chi connectivity index (χ1) is 3.77. The molecule has 2 heteroatoms. The highest BCUT2D eigenvalue weighted by Gasteiger charge is 1.80. The summed E-state index contributed by atoms with van der Waals surface area (Å²) in [5.41, 5.74) is 0. The summed E-state index contributed by atoms with van der Waals surface area (Å²) in [5, 5.41) is 8.56. The largest absolute Gasteiger partial charge is 0.381 e. The van der Waals surface area contributed by atoms with Gasteiger partial charge in [0.25, 0.3) is 0 Å². The second kappa shape index (κ2) is 4.96. The van der Waals surface area contributed by atoms with E-state index in [1.54, 1.807) is 6.92 Å². The van der Waals surface area contributed by atoms with Gasteiger partial charge in [-0.2, -0.15) is 0 Å². The molecule has 0 aromatic carbocycles. The lowest BCUT2D eigenvalue weighted by molar-refractivity contribution is 0.253. The Kier molecular flexibility index (Phi) is 4.84. The highest BCUT2D eigenvalue weighted by Crippen LogP contribution is 1.80. The van der Waals surface area contributed by atoms with Gasteiger partial charge in [-0.1, -0.05) is 11.8 Å². The van der Waals surface area contributed by atoms with E-state index in [1.165, 1.54) is 0 Å². The summed E-state index contributed by atoms with van der Waals surface area (Å²) in [6.45, 7) is 1.63. The normalized spacial score (nSPS) is 11.9. The Bertz CT molecular complexity index is 98.8. The monoisotopic (exact) mass is 132 g/mol. The summed E-state index contributed by atoms with van der Waals surface area (Å²) in [4.78, 5) is 0. The van der Waals surface area contributed by atoms with Gasteiger partial charge in [-0.15, -0.1) is 11.6 Å². The van der Waals surface area contributed by atoms with Crippen LogP contribution in [0.15, 0.2) is 0 Å². The summed E-state index contributed by atoms with van der Waals surface area (Å²) in [7, 11) is 0. The molecule has 0 radical (unpaired) electrons. The van der Waals surface area contributed by atoms with Gasteiger partial charge in [0.2, 0.25) is 0 Å². The van der Waals surface area contributed by atoms with Crippen LogP contribution < -0.4 is 0 Å². The van der Waals surface area contributed by atoms with E-state index in [2.05, 4.69) is 11.8 Å². The van der Waals surface area contributed by atoms with Crippen LogP contribution >= 0.6 is 11.6 Å². The molecule has 0 bridgehead atoms. The van der Waals surface area contributed by atoms with Crippen LogP contribution in [0.4, 0.5) is 0 Å². The summed E-state index contributed by atoms with van der Waals surface area (Å²) >= 11 is 5.30. The lowest BCUT2D eigenvalue weighted by Crippen LogP contribution is -1.92. The minimum atomic E-state index is -0.516. The second-order valence-electron chi connectivity index (χ2n) is 1.44. The molecule has 0 saturated carbocycles. The third-order valence-corrected chi connectivity index (χ3v) is 0.719. The summed E-state index contributed by atoms with van der Waals surface area (Å²) in [6, 6.07) is 0. The van der Waals surface area contributed by atoms with Crippen LogP contribution in [0.5, 0.6) is 0 Å². The maximum Gasteiger partial charge on any atom is 0.111 e. The molecule has 1 nitrogen and oxygen atoms in total. The zero-order valence-electron chi connectivity index (χ0n) is 4.82. The van der Waals surface area contributed by atoms with Gasteiger partial charge in [0.15, 0.2) is 0 Å². The molecule has 0 saturated heterocycles. The molecule has 0 rings (SSSR count). The van der Waals surface area contributed by atoms with Crippen LogP contribution in [0, 0.1) is 11.8 Å². The first-order valence-corrected chi connectivity index (χ1v) is 3.03. The first-order valence-electron chi connectivity index (χ1n) is 2.50. The maximum absolute atomic E-state index is 8.56. The fourth-order valence-corrected chi connectivity index (χ4v) is 0.362. The van der Waals surface area contributed by atoms with Crippen LogP contribution in [0.1, 0.15) is 13.3 Å². The first kappa shape index (κ1) is 7.81.